The Labute approximate surface area is 80.8 Å². The third-order valence-electron chi connectivity index (χ3n) is 2.19. The van der Waals surface area contributed by atoms with Gasteiger partial charge in [-0.15, -0.1) is 0 Å². The number of hydrogen-bond donors (Lipinski definition) is 1. The fourth-order valence-electron chi connectivity index (χ4n) is 1.30. The maximum atomic E-state index is 10.7. The molecular formula is C10H10N2O2. The first-order valence-corrected chi connectivity index (χ1v) is 4.35. The first-order chi connectivity index (χ1) is 6.68. The summed E-state index contributed by atoms with van der Waals surface area (Å²) in [5.74, 6) is -0.877. The maximum Gasteiger partial charge on any atom is 0.328 e. The van der Waals surface area contributed by atoms with Crippen molar-refractivity contribution in [2.24, 2.45) is 0 Å². The lowest BCUT2D eigenvalue weighted by molar-refractivity contribution is -0.140. The molecular weight excluding hydrogens is 180 g/mol. The third-order valence-corrected chi connectivity index (χ3v) is 2.19. The fourth-order valence-corrected chi connectivity index (χ4v) is 1.30. The Bertz CT molecular complexity index is 443. The minimum absolute atomic E-state index is 0.623. The van der Waals surface area contributed by atoms with E-state index in [-0.39, 0.29) is 0 Å². The monoisotopic (exact) mass is 190 g/mol. The summed E-state index contributed by atoms with van der Waals surface area (Å²) < 4.78 is 1.47. The van der Waals surface area contributed by atoms with Crippen molar-refractivity contribution in [3.05, 3.63) is 30.5 Å². The summed E-state index contributed by atoms with van der Waals surface area (Å²) in [4.78, 5) is 10.7. The molecule has 4 heteroatoms. The topological polar surface area (TPSA) is 55.1 Å². The molecule has 0 amide bonds. The van der Waals surface area contributed by atoms with Crippen LogP contribution in [0.4, 0.5) is 0 Å². The van der Waals surface area contributed by atoms with Gasteiger partial charge in [0.15, 0.2) is 0 Å². The third kappa shape index (κ3) is 1.35. The molecule has 1 heterocycles. The van der Waals surface area contributed by atoms with E-state index in [4.69, 9.17) is 5.11 Å². The predicted octanol–water partition coefficient (Wildman–Crippen LogP) is 1.68. The van der Waals surface area contributed by atoms with Crippen LogP contribution in [0.25, 0.3) is 10.9 Å². The highest BCUT2D eigenvalue weighted by Crippen LogP contribution is 2.14. The van der Waals surface area contributed by atoms with Gasteiger partial charge in [0.25, 0.3) is 0 Å². The number of carboxylic acids is 1. The average Bonchev–Trinajstić information content (AvgIpc) is 2.59. The van der Waals surface area contributed by atoms with Gasteiger partial charge in [-0.1, -0.05) is 18.2 Å². The number of carbonyl (C=O) groups is 1. The highest BCUT2D eigenvalue weighted by atomic mass is 16.4. The summed E-state index contributed by atoms with van der Waals surface area (Å²) in [6, 6.07) is 6.93. The van der Waals surface area contributed by atoms with Gasteiger partial charge in [-0.3, -0.25) is 4.68 Å². The molecule has 0 spiro atoms. The molecule has 0 fully saturated rings. The number of rotatable bonds is 2. The van der Waals surface area contributed by atoms with Gasteiger partial charge < -0.3 is 5.11 Å². The van der Waals surface area contributed by atoms with Gasteiger partial charge in [0, 0.05) is 11.6 Å². The van der Waals surface area contributed by atoms with Crippen LogP contribution in [0.5, 0.6) is 0 Å². The van der Waals surface area contributed by atoms with Crippen LogP contribution in [0, 0.1) is 0 Å². The van der Waals surface area contributed by atoms with Gasteiger partial charge in [-0.05, 0) is 13.0 Å². The van der Waals surface area contributed by atoms with E-state index in [1.807, 2.05) is 24.3 Å². The van der Waals surface area contributed by atoms with E-state index < -0.39 is 12.0 Å². The van der Waals surface area contributed by atoms with Crippen molar-refractivity contribution < 1.29 is 9.90 Å². The van der Waals surface area contributed by atoms with Crippen molar-refractivity contribution in [3.63, 3.8) is 0 Å². The van der Waals surface area contributed by atoms with E-state index in [0.717, 1.165) is 10.9 Å². The number of nitrogens with zero attached hydrogens (tertiary/aromatic N) is 2. The van der Waals surface area contributed by atoms with E-state index in [1.165, 1.54) is 4.68 Å². The molecule has 1 aromatic heterocycles. The van der Waals surface area contributed by atoms with Gasteiger partial charge in [-0.2, -0.15) is 5.10 Å². The fraction of sp³-hybridized carbons (Fsp3) is 0.200. The molecule has 1 aromatic carbocycles. The SMILES string of the molecule is CC(C(=O)O)n1cc2ccccc2n1. The quantitative estimate of drug-likeness (QED) is 0.783. The smallest absolute Gasteiger partial charge is 0.328 e. The molecule has 72 valence electrons. The van der Waals surface area contributed by atoms with Crippen molar-refractivity contribution in [1.29, 1.82) is 0 Å². The van der Waals surface area contributed by atoms with Crippen LogP contribution in [-0.4, -0.2) is 20.9 Å². The molecule has 1 N–H and O–H groups in total. The second-order valence-electron chi connectivity index (χ2n) is 3.18. The molecule has 1 unspecified atom stereocenters. The highest BCUT2D eigenvalue weighted by molar-refractivity contribution is 5.79. The van der Waals surface area contributed by atoms with Crippen LogP contribution in [-0.2, 0) is 4.79 Å². The van der Waals surface area contributed by atoms with Gasteiger partial charge in [-0.25, -0.2) is 4.79 Å². The Kier molecular flexibility index (Phi) is 1.96. The molecule has 0 aliphatic heterocycles. The molecule has 1 atom stereocenters. The molecule has 4 nitrogen and oxygen atoms in total. The zero-order chi connectivity index (χ0) is 10.1. The van der Waals surface area contributed by atoms with Crippen LogP contribution < -0.4 is 0 Å². The van der Waals surface area contributed by atoms with E-state index in [9.17, 15) is 4.79 Å². The molecule has 14 heavy (non-hydrogen) atoms. The molecule has 0 saturated carbocycles. The zero-order valence-electron chi connectivity index (χ0n) is 7.71. The summed E-state index contributed by atoms with van der Waals surface area (Å²) in [7, 11) is 0. The summed E-state index contributed by atoms with van der Waals surface area (Å²) in [5, 5.41) is 13.9. The largest absolute Gasteiger partial charge is 0.480 e. The first kappa shape index (κ1) is 8.74. The minimum atomic E-state index is -0.877. The van der Waals surface area contributed by atoms with Crippen molar-refractivity contribution in [3.8, 4) is 0 Å². The Morgan fingerprint density at radius 1 is 1.50 bits per heavy atom. The number of fused-ring (bicyclic) bond motifs is 1. The van der Waals surface area contributed by atoms with E-state index in [2.05, 4.69) is 5.10 Å². The number of carboxylic acid groups (broad SMARTS) is 1. The second kappa shape index (κ2) is 3.14. The summed E-state index contributed by atoms with van der Waals surface area (Å²) in [6.45, 7) is 1.61. The summed E-state index contributed by atoms with van der Waals surface area (Å²) >= 11 is 0. The van der Waals surface area contributed by atoms with Crippen molar-refractivity contribution >= 4 is 16.9 Å². The molecule has 0 aliphatic rings. The van der Waals surface area contributed by atoms with Gasteiger partial charge >= 0.3 is 5.97 Å². The highest BCUT2D eigenvalue weighted by Gasteiger charge is 2.14. The second-order valence-corrected chi connectivity index (χ2v) is 3.18. The maximum absolute atomic E-state index is 10.7. The van der Waals surface area contributed by atoms with Crippen LogP contribution in [0.1, 0.15) is 13.0 Å². The Hall–Kier alpha value is -1.84. The van der Waals surface area contributed by atoms with Gasteiger partial charge in [0.05, 0.1) is 5.52 Å². The zero-order valence-corrected chi connectivity index (χ0v) is 7.71. The Morgan fingerprint density at radius 2 is 2.21 bits per heavy atom. The number of benzene rings is 1. The summed E-state index contributed by atoms with van der Waals surface area (Å²) in [6.07, 6.45) is 1.74. The van der Waals surface area contributed by atoms with Gasteiger partial charge in [0.1, 0.15) is 6.04 Å². The Balaban J connectivity index is 2.50. The lowest BCUT2D eigenvalue weighted by atomic mass is 10.3. The normalized spacial score (nSPS) is 12.9. The van der Waals surface area contributed by atoms with Crippen LogP contribution in [0.3, 0.4) is 0 Å². The number of hydrogen-bond acceptors (Lipinski definition) is 2. The number of aliphatic carboxylic acids is 1. The average molecular weight is 190 g/mol. The van der Waals surface area contributed by atoms with E-state index >= 15 is 0 Å². The summed E-state index contributed by atoms with van der Waals surface area (Å²) in [5.41, 5.74) is 0.820. The van der Waals surface area contributed by atoms with E-state index in [1.54, 1.807) is 13.1 Å². The van der Waals surface area contributed by atoms with Crippen molar-refractivity contribution in [2.45, 2.75) is 13.0 Å². The van der Waals surface area contributed by atoms with Crippen LogP contribution in [0.15, 0.2) is 30.5 Å². The molecule has 2 rings (SSSR count). The molecule has 0 aliphatic carbocycles. The van der Waals surface area contributed by atoms with Crippen LogP contribution >= 0.6 is 0 Å². The molecule has 0 radical (unpaired) electrons. The number of aromatic nitrogens is 2. The lowest BCUT2D eigenvalue weighted by Crippen LogP contribution is -2.15. The van der Waals surface area contributed by atoms with Crippen molar-refractivity contribution in [2.75, 3.05) is 0 Å². The standard InChI is InChI=1S/C10H10N2O2/c1-7(10(13)14)12-6-8-4-2-3-5-9(8)11-12/h2-7H,1H3,(H,13,14). The molecule has 0 bridgehead atoms. The molecule has 2 aromatic rings. The van der Waals surface area contributed by atoms with Gasteiger partial charge in [0.2, 0.25) is 0 Å². The van der Waals surface area contributed by atoms with E-state index in [0.29, 0.717) is 0 Å². The Morgan fingerprint density at radius 3 is 2.86 bits per heavy atom. The first-order valence-electron chi connectivity index (χ1n) is 4.35. The van der Waals surface area contributed by atoms with Crippen LogP contribution in [0.2, 0.25) is 0 Å². The van der Waals surface area contributed by atoms with Crippen molar-refractivity contribution in [1.82, 2.24) is 9.78 Å². The minimum Gasteiger partial charge on any atom is -0.480 e. The lowest BCUT2D eigenvalue weighted by Gasteiger charge is -2.04. The molecule has 0 saturated heterocycles. The predicted molar refractivity (Wildman–Crippen MR) is 52.1 cm³/mol.